The minimum atomic E-state index is -0.968. The van der Waals surface area contributed by atoms with Crippen molar-refractivity contribution in [3.8, 4) is 0 Å². The van der Waals surface area contributed by atoms with Gasteiger partial charge in [0.25, 0.3) is 0 Å². The second-order valence-electron chi connectivity index (χ2n) is 4.09. The Morgan fingerprint density at radius 1 is 1.36 bits per heavy atom. The van der Waals surface area contributed by atoms with Gasteiger partial charge >= 0.3 is 5.97 Å². The number of aliphatic carboxylic acids is 1. The van der Waals surface area contributed by atoms with Crippen LogP contribution in [0.1, 0.15) is 33.6 Å². The highest BCUT2D eigenvalue weighted by Gasteiger charge is 2.14. The lowest BCUT2D eigenvalue weighted by Gasteiger charge is -2.07. The van der Waals surface area contributed by atoms with Gasteiger partial charge in [-0.1, -0.05) is 27.2 Å². The minimum absolute atomic E-state index is 0.285. The molecule has 0 aromatic carbocycles. The van der Waals surface area contributed by atoms with Crippen LogP contribution in [0, 0.1) is 11.8 Å². The molecule has 1 N–H and O–H groups in total. The van der Waals surface area contributed by atoms with Gasteiger partial charge in [0.15, 0.2) is 0 Å². The van der Waals surface area contributed by atoms with Crippen LogP contribution < -0.4 is 0 Å². The van der Waals surface area contributed by atoms with Gasteiger partial charge in [-0.25, -0.2) is 0 Å². The highest BCUT2D eigenvalue weighted by atomic mass is 32.2. The van der Waals surface area contributed by atoms with Crippen molar-refractivity contribution in [3.05, 3.63) is 0 Å². The average molecular weight is 220 g/mol. The van der Waals surface area contributed by atoms with Gasteiger partial charge in [0.2, 0.25) is 0 Å². The number of rotatable bonds is 7. The van der Waals surface area contributed by atoms with Crippen LogP contribution >= 0.6 is 0 Å². The Balaban J connectivity index is 3.60. The molecule has 0 aromatic rings. The van der Waals surface area contributed by atoms with Crippen molar-refractivity contribution < 1.29 is 14.1 Å². The maximum absolute atomic E-state index is 11.4. The van der Waals surface area contributed by atoms with Gasteiger partial charge in [0.1, 0.15) is 0 Å². The van der Waals surface area contributed by atoms with Crippen molar-refractivity contribution in [2.24, 2.45) is 11.8 Å². The molecule has 0 aliphatic carbocycles. The van der Waals surface area contributed by atoms with Crippen molar-refractivity contribution in [2.45, 2.75) is 33.6 Å². The van der Waals surface area contributed by atoms with Gasteiger partial charge in [0.05, 0.1) is 5.92 Å². The largest absolute Gasteiger partial charge is 0.481 e. The van der Waals surface area contributed by atoms with Gasteiger partial charge < -0.3 is 5.11 Å². The molecule has 3 nitrogen and oxygen atoms in total. The van der Waals surface area contributed by atoms with Crippen molar-refractivity contribution in [1.82, 2.24) is 0 Å². The number of hydrogen-bond donors (Lipinski definition) is 1. The monoisotopic (exact) mass is 220 g/mol. The summed E-state index contributed by atoms with van der Waals surface area (Å²) >= 11 is 0. The smallest absolute Gasteiger partial charge is 0.307 e. The highest BCUT2D eigenvalue weighted by Crippen LogP contribution is 2.06. The summed E-state index contributed by atoms with van der Waals surface area (Å²) in [5, 5.41) is 8.61. The van der Waals surface area contributed by atoms with E-state index in [1.165, 1.54) is 0 Å². The lowest BCUT2D eigenvalue weighted by molar-refractivity contribution is -0.140. The predicted molar refractivity (Wildman–Crippen MR) is 58.7 cm³/mol. The van der Waals surface area contributed by atoms with E-state index < -0.39 is 22.7 Å². The van der Waals surface area contributed by atoms with Gasteiger partial charge in [-0.15, -0.1) is 0 Å². The molecule has 0 rings (SSSR count). The third-order valence-corrected chi connectivity index (χ3v) is 3.63. The number of carboxylic acid groups (broad SMARTS) is 1. The van der Waals surface area contributed by atoms with Crippen LogP contribution in [-0.2, 0) is 15.6 Å². The lowest BCUT2D eigenvalue weighted by Crippen LogP contribution is -2.18. The summed E-state index contributed by atoms with van der Waals surface area (Å²) in [7, 11) is -0.968. The molecule has 0 aliphatic heterocycles. The van der Waals surface area contributed by atoms with E-state index in [0.29, 0.717) is 11.7 Å². The molecule has 0 saturated carbocycles. The minimum Gasteiger partial charge on any atom is -0.481 e. The molecule has 0 saturated heterocycles. The van der Waals surface area contributed by atoms with E-state index in [1.807, 2.05) is 0 Å². The topological polar surface area (TPSA) is 54.4 Å². The molecule has 4 heteroatoms. The summed E-state index contributed by atoms with van der Waals surface area (Å²) in [4.78, 5) is 10.5. The van der Waals surface area contributed by atoms with Gasteiger partial charge in [0, 0.05) is 22.3 Å². The third kappa shape index (κ3) is 7.06. The van der Waals surface area contributed by atoms with E-state index in [9.17, 15) is 9.00 Å². The molecule has 0 heterocycles. The summed E-state index contributed by atoms with van der Waals surface area (Å²) in [6.45, 7) is 5.86. The van der Waals surface area contributed by atoms with Crippen LogP contribution in [0.3, 0.4) is 0 Å². The Morgan fingerprint density at radius 2 is 1.93 bits per heavy atom. The summed E-state index contributed by atoms with van der Waals surface area (Å²) in [5.74, 6) is 0.199. The van der Waals surface area contributed by atoms with E-state index in [0.717, 1.165) is 12.8 Å². The van der Waals surface area contributed by atoms with Crippen LogP contribution in [0.25, 0.3) is 0 Å². The average Bonchev–Trinajstić information content (AvgIpc) is 2.02. The maximum atomic E-state index is 11.4. The van der Waals surface area contributed by atoms with E-state index in [2.05, 4.69) is 13.8 Å². The molecule has 0 amide bonds. The van der Waals surface area contributed by atoms with Crippen molar-refractivity contribution in [2.75, 3.05) is 11.5 Å². The number of carbonyl (C=O) groups is 1. The molecular weight excluding hydrogens is 200 g/mol. The lowest BCUT2D eigenvalue weighted by atomic mass is 10.1. The summed E-state index contributed by atoms with van der Waals surface area (Å²) in [6.07, 6.45) is 1.99. The van der Waals surface area contributed by atoms with Crippen LogP contribution in [-0.4, -0.2) is 26.8 Å². The first-order chi connectivity index (χ1) is 6.43. The molecule has 0 aliphatic rings. The quantitative estimate of drug-likeness (QED) is 0.713. The van der Waals surface area contributed by atoms with Crippen molar-refractivity contribution in [3.63, 3.8) is 0 Å². The SMILES string of the molecule is CC(C)CCCS(=O)CC(C)C(=O)O. The Labute approximate surface area is 88.4 Å². The molecule has 2 atom stereocenters. The fraction of sp³-hybridized carbons (Fsp3) is 0.900. The predicted octanol–water partition coefficient (Wildman–Crippen LogP) is 1.89. The van der Waals surface area contributed by atoms with Gasteiger partial charge in [-0.2, -0.15) is 0 Å². The third-order valence-electron chi connectivity index (χ3n) is 2.01. The molecule has 0 spiro atoms. The van der Waals surface area contributed by atoms with Gasteiger partial charge in [-0.05, 0) is 12.3 Å². The van der Waals surface area contributed by atoms with Crippen molar-refractivity contribution >= 4 is 16.8 Å². The zero-order chi connectivity index (χ0) is 11.1. The second kappa shape index (κ2) is 6.98. The normalized spacial score (nSPS) is 15.4. The van der Waals surface area contributed by atoms with Gasteiger partial charge in [-0.3, -0.25) is 9.00 Å². The van der Waals surface area contributed by atoms with Crippen LogP contribution in [0.2, 0.25) is 0 Å². The molecule has 0 bridgehead atoms. The highest BCUT2D eigenvalue weighted by molar-refractivity contribution is 7.85. The second-order valence-corrected chi connectivity index (χ2v) is 5.71. The standard InChI is InChI=1S/C10H20O3S/c1-8(2)5-4-6-14(13)7-9(3)10(11)12/h8-9H,4-7H2,1-3H3,(H,11,12). The molecule has 0 fully saturated rings. The first kappa shape index (κ1) is 13.6. The van der Waals surface area contributed by atoms with E-state index in [4.69, 9.17) is 5.11 Å². The maximum Gasteiger partial charge on any atom is 0.307 e. The number of hydrogen-bond acceptors (Lipinski definition) is 2. The Bertz CT molecular complexity index is 202. The fourth-order valence-corrected chi connectivity index (χ4v) is 2.44. The first-order valence-corrected chi connectivity index (χ1v) is 6.50. The Hall–Kier alpha value is -0.380. The zero-order valence-electron chi connectivity index (χ0n) is 9.16. The molecule has 0 radical (unpaired) electrons. The molecule has 84 valence electrons. The van der Waals surface area contributed by atoms with E-state index in [-0.39, 0.29) is 5.75 Å². The summed E-state index contributed by atoms with van der Waals surface area (Å²) < 4.78 is 11.4. The van der Waals surface area contributed by atoms with Crippen molar-refractivity contribution in [1.29, 1.82) is 0 Å². The van der Waals surface area contributed by atoms with Crippen LogP contribution in [0.15, 0.2) is 0 Å². The number of carboxylic acids is 1. The first-order valence-electron chi connectivity index (χ1n) is 5.01. The van der Waals surface area contributed by atoms with Crippen LogP contribution in [0.5, 0.6) is 0 Å². The summed E-state index contributed by atoms with van der Waals surface area (Å²) in [5.41, 5.74) is 0. The molecule has 14 heavy (non-hydrogen) atoms. The van der Waals surface area contributed by atoms with E-state index in [1.54, 1.807) is 6.92 Å². The molecular formula is C10H20O3S. The fourth-order valence-electron chi connectivity index (χ4n) is 1.09. The zero-order valence-corrected chi connectivity index (χ0v) is 9.97. The van der Waals surface area contributed by atoms with Crippen LogP contribution in [0.4, 0.5) is 0 Å². The molecule has 0 aromatic heterocycles. The van der Waals surface area contributed by atoms with E-state index >= 15 is 0 Å². The Kier molecular flexibility index (Phi) is 6.79. The summed E-state index contributed by atoms with van der Waals surface area (Å²) in [6, 6.07) is 0. The molecule has 2 unspecified atom stereocenters. The Morgan fingerprint density at radius 3 is 2.36 bits per heavy atom.